The summed E-state index contributed by atoms with van der Waals surface area (Å²) < 4.78 is 63.4. The van der Waals surface area contributed by atoms with Crippen LogP contribution in [0.2, 0.25) is 0 Å². The van der Waals surface area contributed by atoms with Crippen molar-refractivity contribution in [1.82, 2.24) is 0 Å². The highest BCUT2D eigenvalue weighted by Crippen LogP contribution is 2.57. The number of rotatable bonds is 16. The molecule has 40 heavy (non-hydrogen) atoms. The van der Waals surface area contributed by atoms with Gasteiger partial charge in [0.15, 0.2) is 4.99 Å². The van der Waals surface area contributed by atoms with Crippen molar-refractivity contribution >= 4 is 17.7 Å². The quantitative estimate of drug-likeness (QED) is 0.110. The Morgan fingerprint density at radius 3 is 2.38 bits per heavy atom. The van der Waals surface area contributed by atoms with Gasteiger partial charge in [0.1, 0.15) is 11.5 Å². The van der Waals surface area contributed by atoms with Crippen molar-refractivity contribution in [2.45, 2.75) is 96.6 Å². The number of para-hydroxylation sites is 1. The first-order valence-corrected chi connectivity index (χ1v) is 17.5. The Balaban J connectivity index is 1.73. The van der Waals surface area contributed by atoms with E-state index in [4.69, 9.17) is 18.0 Å². The zero-order chi connectivity index (χ0) is 29.0. The molecule has 0 aliphatic heterocycles. The summed E-state index contributed by atoms with van der Waals surface area (Å²) in [6, 6.07) is 15.8. The minimum absolute atomic E-state index is 0.0845. The number of allylic oxidation sites excluding steroid dienone is 2. The first kappa shape index (κ1) is 32.6. The third-order valence-corrected chi connectivity index (χ3v) is 12.1. The molecule has 0 bridgehead atoms. The molecule has 3 rings (SSSR count). The molecule has 0 radical (unpaired) electrons. The number of hydrogen-bond acceptors (Lipinski definition) is 7. The van der Waals surface area contributed by atoms with E-state index in [-0.39, 0.29) is 25.7 Å². The van der Waals surface area contributed by atoms with Gasteiger partial charge in [-0.05, 0) is 95.5 Å². The lowest BCUT2D eigenvalue weighted by Crippen LogP contribution is -2.31. The zero-order valence-electron chi connectivity index (χ0n) is 24.3. The minimum atomic E-state index is -4.19. The average molecular weight is 593 g/mol. The highest BCUT2D eigenvalue weighted by molar-refractivity contribution is 7.94. The average Bonchev–Trinajstić information content (AvgIpc) is 2.91. The fourth-order valence-electron chi connectivity index (χ4n) is 4.90. The molecule has 0 heterocycles. The van der Waals surface area contributed by atoms with Gasteiger partial charge in [-0.3, -0.25) is 8.75 Å². The third-order valence-electron chi connectivity index (χ3n) is 6.87. The maximum atomic E-state index is 13.7. The fourth-order valence-corrected chi connectivity index (χ4v) is 9.46. The van der Waals surface area contributed by atoms with Gasteiger partial charge in [-0.15, -0.1) is 0 Å². The molecule has 1 atom stereocenters. The van der Waals surface area contributed by atoms with Crippen LogP contribution in [0, 0.1) is 0 Å². The summed E-state index contributed by atoms with van der Waals surface area (Å²) in [7, 11) is -8.14. The lowest BCUT2D eigenvalue weighted by molar-refractivity contribution is 0.158. The van der Waals surface area contributed by atoms with E-state index < -0.39 is 22.7 Å². The van der Waals surface area contributed by atoms with Crippen LogP contribution in [0.25, 0.3) is 0 Å². The highest BCUT2D eigenvalue weighted by Gasteiger charge is 2.46. The van der Waals surface area contributed by atoms with Crippen molar-refractivity contribution in [2.24, 2.45) is 0 Å². The van der Waals surface area contributed by atoms with Crippen molar-refractivity contribution in [3.05, 3.63) is 71.3 Å². The van der Waals surface area contributed by atoms with Crippen molar-refractivity contribution < 1.29 is 31.0 Å². The maximum Gasteiger partial charge on any atom is 0.351 e. The van der Waals surface area contributed by atoms with E-state index in [0.717, 1.165) is 42.6 Å². The first-order chi connectivity index (χ1) is 19.2. The number of aryl methyl sites for hydroxylation is 1. The number of hydrogen-bond donors (Lipinski definition) is 0. The lowest BCUT2D eigenvalue weighted by Gasteiger charge is -2.28. The molecule has 1 unspecified atom stereocenters. The van der Waals surface area contributed by atoms with Gasteiger partial charge in [-0.1, -0.05) is 61.2 Å². The van der Waals surface area contributed by atoms with Crippen molar-refractivity contribution in [3.8, 4) is 11.5 Å². The molecule has 222 valence electrons. The summed E-state index contributed by atoms with van der Waals surface area (Å²) in [6.45, 7) is 7.68. The van der Waals surface area contributed by atoms with E-state index in [9.17, 15) is 13.0 Å². The molecule has 1 aliphatic carbocycles. The molecule has 2 aromatic rings. The van der Waals surface area contributed by atoms with Gasteiger partial charge in [0.2, 0.25) is 0 Å². The van der Waals surface area contributed by atoms with Gasteiger partial charge < -0.3 is 13.8 Å². The van der Waals surface area contributed by atoms with Crippen molar-refractivity contribution in [2.75, 3.05) is 13.2 Å². The SMILES string of the molecule is CCOP(=O)(OCC)C(CCCc1cccc(Oc2ccccc2CC=C(C)C)c1)S(=O)(=O)OC1CCCCC1. The highest BCUT2D eigenvalue weighted by atomic mass is 32.2. The van der Waals surface area contributed by atoms with Crippen molar-refractivity contribution in [3.63, 3.8) is 0 Å². The van der Waals surface area contributed by atoms with Crippen molar-refractivity contribution in [1.29, 1.82) is 0 Å². The van der Waals surface area contributed by atoms with Crippen LogP contribution in [0.4, 0.5) is 0 Å². The number of ether oxygens (including phenoxy) is 1. The van der Waals surface area contributed by atoms with E-state index in [0.29, 0.717) is 31.4 Å². The molecule has 2 aromatic carbocycles. The van der Waals surface area contributed by atoms with E-state index >= 15 is 0 Å². The molecule has 1 saturated carbocycles. The summed E-state index contributed by atoms with van der Waals surface area (Å²) >= 11 is 0. The van der Waals surface area contributed by atoms with E-state index in [1.807, 2.05) is 42.5 Å². The number of benzene rings is 2. The van der Waals surface area contributed by atoms with Gasteiger partial charge in [-0.25, -0.2) is 0 Å². The van der Waals surface area contributed by atoms with E-state index in [2.05, 4.69) is 26.0 Å². The van der Waals surface area contributed by atoms with Gasteiger partial charge >= 0.3 is 7.60 Å². The van der Waals surface area contributed by atoms with Gasteiger partial charge in [0.25, 0.3) is 10.1 Å². The fraction of sp³-hybridized carbons (Fsp3) is 0.548. The summed E-state index contributed by atoms with van der Waals surface area (Å²) in [5.41, 5.74) is 3.34. The van der Waals surface area contributed by atoms with Gasteiger partial charge in [-0.2, -0.15) is 8.42 Å². The largest absolute Gasteiger partial charge is 0.457 e. The molecule has 9 heteroatoms. The smallest absolute Gasteiger partial charge is 0.351 e. The van der Waals surface area contributed by atoms with Crippen LogP contribution >= 0.6 is 7.60 Å². The molecule has 1 fully saturated rings. The zero-order valence-corrected chi connectivity index (χ0v) is 26.1. The summed E-state index contributed by atoms with van der Waals surface area (Å²) in [5.74, 6) is 1.51. The maximum absolute atomic E-state index is 13.7. The van der Waals surface area contributed by atoms with E-state index in [1.165, 1.54) is 5.57 Å². The molecule has 0 N–H and O–H groups in total. The second-order valence-corrected chi connectivity index (χ2v) is 14.7. The van der Waals surface area contributed by atoms with Crippen LogP contribution in [0.5, 0.6) is 11.5 Å². The molecule has 7 nitrogen and oxygen atoms in total. The van der Waals surface area contributed by atoms with Crippen LogP contribution in [-0.4, -0.2) is 32.7 Å². The standard InChI is InChI=1S/C31H45O7PS/c1-5-35-39(32,36-6-2)31(40(33,34)38-28-17-8-7-9-18-28)21-13-15-26-14-12-19-29(24-26)37-30-20-11-10-16-27(30)23-22-25(3)4/h10-12,14,16,19-20,22,24,28,31H,5-9,13,15,17-18,21,23H2,1-4H3. The molecule has 0 aromatic heterocycles. The molecule has 0 saturated heterocycles. The molecular formula is C31H45O7PS. The molecular weight excluding hydrogens is 547 g/mol. The first-order valence-electron chi connectivity index (χ1n) is 14.5. The Bertz CT molecular complexity index is 1240. The molecule has 1 aliphatic rings. The topological polar surface area (TPSA) is 88.1 Å². The Kier molecular flexibility index (Phi) is 12.9. The Labute approximate surface area is 240 Å². The van der Waals surface area contributed by atoms with Gasteiger partial charge in [0, 0.05) is 0 Å². The van der Waals surface area contributed by atoms with Crippen LogP contribution in [0.15, 0.2) is 60.2 Å². The van der Waals surface area contributed by atoms with Crippen LogP contribution in [0.3, 0.4) is 0 Å². The van der Waals surface area contributed by atoms with Crippen LogP contribution in [0.1, 0.15) is 83.8 Å². The molecule has 0 spiro atoms. The molecule has 0 amide bonds. The predicted octanol–water partition coefficient (Wildman–Crippen LogP) is 8.58. The third kappa shape index (κ3) is 9.85. The predicted molar refractivity (Wildman–Crippen MR) is 161 cm³/mol. The van der Waals surface area contributed by atoms with Gasteiger partial charge in [0.05, 0.1) is 19.3 Å². The van der Waals surface area contributed by atoms with Crippen LogP contribution in [-0.2, 0) is 40.8 Å². The normalized spacial score (nSPS) is 15.5. The lowest BCUT2D eigenvalue weighted by atomic mass is 9.98. The van der Waals surface area contributed by atoms with Crippen LogP contribution < -0.4 is 4.74 Å². The Morgan fingerprint density at radius 2 is 1.70 bits per heavy atom. The second kappa shape index (κ2) is 15.9. The van der Waals surface area contributed by atoms with E-state index in [1.54, 1.807) is 13.8 Å². The Hall–Kier alpha value is -1.96. The summed E-state index contributed by atoms with van der Waals surface area (Å²) in [6.07, 6.45) is 8.01. The minimum Gasteiger partial charge on any atom is -0.457 e. The second-order valence-electron chi connectivity index (χ2n) is 10.4. The monoisotopic (exact) mass is 592 g/mol. The summed E-state index contributed by atoms with van der Waals surface area (Å²) in [4.78, 5) is -1.37. The summed E-state index contributed by atoms with van der Waals surface area (Å²) in [5, 5.41) is 0. The Morgan fingerprint density at radius 1 is 1.00 bits per heavy atom.